The van der Waals surface area contributed by atoms with E-state index in [-0.39, 0.29) is 12.0 Å². The molecule has 1 amide bonds. The van der Waals surface area contributed by atoms with E-state index in [0.717, 1.165) is 43.9 Å². The van der Waals surface area contributed by atoms with Crippen LogP contribution >= 0.6 is 0 Å². The number of piperidine rings is 1. The summed E-state index contributed by atoms with van der Waals surface area (Å²) in [4.78, 5) is 23.3. The van der Waals surface area contributed by atoms with E-state index in [1.807, 2.05) is 48.7 Å². The molecule has 6 nitrogen and oxygen atoms in total. The molecule has 0 aliphatic carbocycles. The first kappa shape index (κ1) is 20.0. The minimum absolute atomic E-state index is 0.127. The summed E-state index contributed by atoms with van der Waals surface area (Å²) in [5, 5.41) is 2.91. The quantitative estimate of drug-likeness (QED) is 0.656. The standard InChI is InChI=1S/C24H26N4O2/c29-24(27-17-21-7-1-2-12-26-21)20-6-3-8-23(15-20)30-22-9-13-28(14-10-22)18-19-5-4-11-25-16-19/h1-8,11-12,15-16,22H,9-10,13-14,17-18H2,(H,27,29). The first-order chi connectivity index (χ1) is 14.8. The van der Waals surface area contributed by atoms with Gasteiger partial charge in [-0.25, -0.2) is 0 Å². The van der Waals surface area contributed by atoms with Crippen LogP contribution in [0.2, 0.25) is 0 Å². The van der Waals surface area contributed by atoms with Gasteiger partial charge in [0.05, 0.1) is 12.2 Å². The number of nitrogens with zero attached hydrogens (tertiary/aromatic N) is 3. The average molecular weight is 402 g/mol. The smallest absolute Gasteiger partial charge is 0.251 e. The van der Waals surface area contributed by atoms with Gasteiger partial charge in [-0.05, 0) is 54.8 Å². The fraction of sp³-hybridized carbons (Fsp3) is 0.292. The number of carbonyl (C=O) groups excluding carboxylic acids is 1. The van der Waals surface area contributed by atoms with Gasteiger partial charge in [0, 0.05) is 43.8 Å². The van der Waals surface area contributed by atoms with Gasteiger partial charge in [-0.15, -0.1) is 0 Å². The van der Waals surface area contributed by atoms with E-state index >= 15 is 0 Å². The molecule has 0 unspecified atom stereocenters. The third-order valence-electron chi connectivity index (χ3n) is 5.22. The first-order valence-corrected chi connectivity index (χ1v) is 10.3. The largest absolute Gasteiger partial charge is 0.490 e. The molecule has 154 valence electrons. The van der Waals surface area contributed by atoms with Crippen LogP contribution in [-0.4, -0.2) is 40.0 Å². The molecule has 0 atom stereocenters. The van der Waals surface area contributed by atoms with Crippen LogP contribution in [0.25, 0.3) is 0 Å². The van der Waals surface area contributed by atoms with Gasteiger partial charge in [-0.2, -0.15) is 0 Å². The van der Waals surface area contributed by atoms with Gasteiger partial charge in [0.1, 0.15) is 11.9 Å². The molecule has 3 heterocycles. The number of likely N-dealkylation sites (tertiary alicyclic amines) is 1. The molecule has 0 spiro atoms. The maximum Gasteiger partial charge on any atom is 0.251 e. The lowest BCUT2D eigenvalue weighted by atomic mass is 10.1. The third kappa shape index (κ3) is 5.64. The summed E-state index contributed by atoms with van der Waals surface area (Å²) in [7, 11) is 0. The Morgan fingerprint density at radius 2 is 1.97 bits per heavy atom. The number of hydrogen-bond donors (Lipinski definition) is 1. The van der Waals surface area contributed by atoms with Crippen LogP contribution in [0.3, 0.4) is 0 Å². The predicted molar refractivity (Wildman–Crippen MR) is 115 cm³/mol. The van der Waals surface area contributed by atoms with Crippen molar-refractivity contribution in [3.8, 4) is 5.75 Å². The molecule has 30 heavy (non-hydrogen) atoms. The van der Waals surface area contributed by atoms with Crippen molar-refractivity contribution >= 4 is 5.91 Å². The van der Waals surface area contributed by atoms with Crippen LogP contribution in [0.4, 0.5) is 0 Å². The summed E-state index contributed by atoms with van der Waals surface area (Å²) >= 11 is 0. The zero-order valence-corrected chi connectivity index (χ0v) is 16.9. The lowest BCUT2D eigenvalue weighted by Crippen LogP contribution is -2.37. The van der Waals surface area contributed by atoms with Gasteiger partial charge in [0.15, 0.2) is 0 Å². The Balaban J connectivity index is 1.27. The van der Waals surface area contributed by atoms with Crippen molar-refractivity contribution < 1.29 is 9.53 Å². The van der Waals surface area contributed by atoms with E-state index in [9.17, 15) is 4.79 Å². The van der Waals surface area contributed by atoms with Crippen molar-refractivity contribution in [3.05, 3.63) is 90.0 Å². The van der Waals surface area contributed by atoms with Gasteiger partial charge in [-0.1, -0.05) is 18.2 Å². The van der Waals surface area contributed by atoms with Gasteiger partial charge in [-0.3, -0.25) is 19.7 Å². The number of amides is 1. The highest BCUT2D eigenvalue weighted by Crippen LogP contribution is 2.21. The van der Waals surface area contributed by atoms with E-state index in [2.05, 4.69) is 26.3 Å². The number of benzene rings is 1. The molecule has 1 fully saturated rings. The minimum Gasteiger partial charge on any atom is -0.490 e. The lowest BCUT2D eigenvalue weighted by molar-refractivity contribution is 0.0934. The Bertz CT molecular complexity index is 942. The molecule has 1 aliphatic heterocycles. The molecule has 1 aliphatic rings. The van der Waals surface area contributed by atoms with E-state index in [0.29, 0.717) is 12.1 Å². The second-order valence-electron chi connectivity index (χ2n) is 7.49. The molecule has 4 rings (SSSR count). The summed E-state index contributed by atoms with van der Waals surface area (Å²) in [6.07, 6.45) is 7.55. The number of hydrogen-bond acceptors (Lipinski definition) is 5. The topological polar surface area (TPSA) is 67.3 Å². The number of ether oxygens (including phenoxy) is 1. The number of carbonyl (C=O) groups is 1. The molecular formula is C24H26N4O2. The zero-order chi connectivity index (χ0) is 20.6. The summed E-state index contributed by atoms with van der Waals surface area (Å²) in [5.41, 5.74) is 2.66. The van der Waals surface area contributed by atoms with Crippen molar-refractivity contribution in [3.63, 3.8) is 0 Å². The molecule has 6 heteroatoms. The minimum atomic E-state index is -0.127. The van der Waals surface area contributed by atoms with Gasteiger partial charge in [0.25, 0.3) is 5.91 Å². The molecule has 1 aromatic carbocycles. The summed E-state index contributed by atoms with van der Waals surface area (Å²) < 4.78 is 6.18. The Morgan fingerprint density at radius 3 is 2.73 bits per heavy atom. The predicted octanol–water partition coefficient (Wildman–Crippen LogP) is 3.45. The fourth-order valence-corrected chi connectivity index (χ4v) is 3.61. The molecule has 0 saturated carbocycles. The number of rotatable bonds is 7. The molecule has 0 radical (unpaired) electrons. The van der Waals surface area contributed by atoms with Crippen LogP contribution in [0, 0.1) is 0 Å². The Labute approximate surface area is 176 Å². The Hall–Kier alpha value is -3.25. The van der Waals surface area contributed by atoms with Crippen LogP contribution in [0.5, 0.6) is 5.75 Å². The highest BCUT2D eigenvalue weighted by Gasteiger charge is 2.21. The molecule has 0 bridgehead atoms. The average Bonchev–Trinajstić information content (AvgIpc) is 2.80. The number of nitrogens with one attached hydrogen (secondary N) is 1. The summed E-state index contributed by atoms with van der Waals surface area (Å²) in [5.74, 6) is 0.614. The highest BCUT2D eigenvalue weighted by molar-refractivity contribution is 5.94. The third-order valence-corrected chi connectivity index (χ3v) is 5.22. The van der Waals surface area contributed by atoms with E-state index in [4.69, 9.17) is 4.74 Å². The summed E-state index contributed by atoms with van der Waals surface area (Å²) in [6.45, 7) is 3.31. The van der Waals surface area contributed by atoms with Gasteiger partial charge >= 0.3 is 0 Å². The van der Waals surface area contributed by atoms with Crippen LogP contribution in [0.1, 0.15) is 34.5 Å². The zero-order valence-electron chi connectivity index (χ0n) is 16.9. The van der Waals surface area contributed by atoms with E-state index in [1.165, 1.54) is 5.56 Å². The monoisotopic (exact) mass is 402 g/mol. The fourth-order valence-electron chi connectivity index (χ4n) is 3.61. The second kappa shape index (κ2) is 9.98. The van der Waals surface area contributed by atoms with E-state index < -0.39 is 0 Å². The molecular weight excluding hydrogens is 376 g/mol. The van der Waals surface area contributed by atoms with Gasteiger partial charge in [0.2, 0.25) is 0 Å². The normalized spacial score (nSPS) is 14.9. The first-order valence-electron chi connectivity index (χ1n) is 10.3. The van der Waals surface area contributed by atoms with E-state index in [1.54, 1.807) is 18.5 Å². The maximum absolute atomic E-state index is 12.5. The van der Waals surface area contributed by atoms with Crippen molar-refractivity contribution in [2.45, 2.75) is 32.0 Å². The molecule has 1 saturated heterocycles. The van der Waals surface area contributed by atoms with Crippen molar-refractivity contribution in [1.82, 2.24) is 20.2 Å². The van der Waals surface area contributed by atoms with Crippen molar-refractivity contribution in [1.29, 1.82) is 0 Å². The van der Waals surface area contributed by atoms with Crippen LogP contribution < -0.4 is 10.1 Å². The highest BCUT2D eigenvalue weighted by atomic mass is 16.5. The SMILES string of the molecule is O=C(NCc1ccccn1)c1cccc(OC2CCN(Cc3cccnc3)CC2)c1. The van der Waals surface area contributed by atoms with Crippen LogP contribution in [-0.2, 0) is 13.1 Å². The number of aromatic nitrogens is 2. The molecule has 1 N–H and O–H groups in total. The molecule has 3 aromatic rings. The Morgan fingerprint density at radius 1 is 1.07 bits per heavy atom. The summed E-state index contributed by atoms with van der Waals surface area (Å²) in [6, 6.07) is 17.1. The second-order valence-corrected chi connectivity index (χ2v) is 7.49. The van der Waals surface area contributed by atoms with Crippen molar-refractivity contribution in [2.24, 2.45) is 0 Å². The lowest BCUT2D eigenvalue weighted by Gasteiger charge is -2.32. The maximum atomic E-state index is 12.5. The van der Waals surface area contributed by atoms with Crippen LogP contribution in [0.15, 0.2) is 73.2 Å². The molecule has 2 aromatic heterocycles. The Kier molecular flexibility index (Phi) is 6.67. The number of pyridine rings is 2. The van der Waals surface area contributed by atoms with Gasteiger partial charge < -0.3 is 10.1 Å². The van der Waals surface area contributed by atoms with Crippen molar-refractivity contribution in [2.75, 3.05) is 13.1 Å².